The van der Waals surface area contributed by atoms with E-state index in [9.17, 15) is 18.3 Å². The minimum Gasteiger partial charge on any atom is -0.489 e. The highest BCUT2D eigenvalue weighted by Crippen LogP contribution is 2.32. The molecule has 8 heteroatoms. The van der Waals surface area contributed by atoms with E-state index in [2.05, 4.69) is 4.90 Å². The molecule has 0 radical (unpaired) electrons. The van der Waals surface area contributed by atoms with Crippen LogP contribution < -0.4 is 9.64 Å². The Kier molecular flexibility index (Phi) is 6.69. The van der Waals surface area contributed by atoms with Gasteiger partial charge in [0.15, 0.2) is 0 Å². The van der Waals surface area contributed by atoms with Gasteiger partial charge in [0.2, 0.25) is 0 Å². The van der Waals surface area contributed by atoms with Crippen LogP contribution in [0.3, 0.4) is 0 Å². The van der Waals surface area contributed by atoms with Crippen LogP contribution >= 0.6 is 11.6 Å². The lowest BCUT2D eigenvalue weighted by atomic mass is 10.1. The molecule has 1 saturated heterocycles. The third-order valence-corrected chi connectivity index (χ3v) is 4.96. The first-order chi connectivity index (χ1) is 13.3. The molecule has 2 aromatic carbocycles. The highest BCUT2D eigenvalue weighted by Gasteiger charge is 2.31. The van der Waals surface area contributed by atoms with Gasteiger partial charge >= 0.3 is 6.18 Å². The van der Waals surface area contributed by atoms with Crippen molar-refractivity contribution in [1.82, 2.24) is 4.90 Å². The van der Waals surface area contributed by atoms with Gasteiger partial charge < -0.3 is 14.7 Å². The number of alkyl halides is 3. The van der Waals surface area contributed by atoms with E-state index in [-0.39, 0.29) is 6.61 Å². The van der Waals surface area contributed by atoms with E-state index in [0.717, 1.165) is 6.07 Å². The zero-order valence-electron chi connectivity index (χ0n) is 15.2. The molecule has 0 amide bonds. The van der Waals surface area contributed by atoms with E-state index >= 15 is 0 Å². The summed E-state index contributed by atoms with van der Waals surface area (Å²) < 4.78 is 44.2. The number of aliphatic hydroxyl groups excluding tert-OH is 1. The number of β-amino-alcohol motifs (C(OH)–C–C–N with tert-alkyl or cyclic N) is 1. The molecule has 1 atom stereocenters. The molecular formula is C20H22ClF3N2O2. The molecule has 0 bridgehead atoms. The number of benzene rings is 2. The van der Waals surface area contributed by atoms with Gasteiger partial charge in [0.25, 0.3) is 0 Å². The Hall–Kier alpha value is -1.96. The van der Waals surface area contributed by atoms with Gasteiger partial charge in [-0.15, -0.1) is 0 Å². The second-order valence-electron chi connectivity index (χ2n) is 6.73. The van der Waals surface area contributed by atoms with Crippen LogP contribution in [0.5, 0.6) is 5.75 Å². The van der Waals surface area contributed by atoms with Crippen LogP contribution in [0.4, 0.5) is 18.9 Å². The summed E-state index contributed by atoms with van der Waals surface area (Å²) in [5.74, 6) is 0.526. The molecule has 28 heavy (non-hydrogen) atoms. The molecule has 0 aromatic heterocycles. The van der Waals surface area contributed by atoms with E-state index in [1.165, 1.54) is 12.1 Å². The van der Waals surface area contributed by atoms with Gasteiger partial charge in [-0.25, -0.2) is 0 Å². The number of halogens is 4. The number of anilines is 1. The summed E-state index contributed by atoms with van der Waals surface area (Å²) in [4.78, 5) is 4.00. The van der Waals surface area contributed by atoms with Crippen LogP contribution in [0.2, 0.25) is 5.02 Å². The van der Waals surface area contributed by atoms with Crippen LogP contribution in [0, 0.1) is 0 Å². The molecule has 1 heterocycles. The van der Waals surface area contributed by atoms with Crippen molar-refractivity contribution in [1.29, 1.82) is 0 Å². The molecule has 1 aliphatic heterocycles. The number of hydrogen-bond donors (Lipinski definition) is 1. The fraction of sp³-hybridized carbons (Fsp3) is 0.400. The highest BCUT2D eigenvalue weighted by atomic mass is 35.5. The highest BCUT2D eigenvalue weighted by molar-refractivity contribution is 6.32. The monoisotopic (exact) mass is 414 g/mol. The third kappa shape index (κ3) is 5.53. The Balaban J connectivity index is 1.47. The Labute approximate surface area is 167 Å². The minimum absolute atomic E-state index is 0.123. The average molecular weight is 415 g/mol. The Morgan fingerprint density at radius 3 is 2.43 bits per heavy atom. The molecular weight excluding hydrogens is 393 g/mol. The van der Waals surface area contributed by atoms with Crippen molar-refractivity contribution in [2.75, 3.05) is 44.2 Å². The van der Waals surface area contributed by atoms with E-state index in [1.54, 1.807) is 30.3 Å². The lowest BCUT2D eigenvalue weighted by Crippen LogP contribution is -2.49. The Morgan fingerprint density at radius 1 is 1.04 bits per heavy atom. The maximum atomic E-state index is 12.9. The topological polar surface area (TPSA) is 35.9 Å². The van der Waals surface area contributed by atoms with Crippen LogP contribution in [0.1, 0.15) is 5.56 Å². The predicted molar refractivity (Wildman–Crippen MR) is 103 cm³/mol. The number of hydrogen-bond acceptors (Lipinski definition) is 4. The van der Waals surface area contributed by atoms with Gasteiger partial charge in [0.1, 0.15) is 18.5 Å². The number of nitrogens with zero attached hydrogens (tertiary/aromatic N) is 2. The van der Waals surface area contributed by atoms with Gasteiger partial charge in [-0.1, -0.05) is 29.8 Å². The fourth-order valence-corrected chi connectivity index (χ4v) is 3.36. The SMILES string of the molecule is OC(COc1ccccc1Cl)CN1CCN(c2cccc(C(F)(F)F)c2)CC1. The number of para-hydroxylation sites is 1. The summed E-state index contributed by atoms with van der Waals surface area (Å²) >= 11 is 6.02. The molecule has 0 saturated carbocycles. The van der Waals surface area contributed by atoms with Crippen molar-refractivity contribution in [2.24, 2.45) is 0 Å². The normalized spacial score (nSPS) is 16.8. The first-order valence-electron chi connectivity index (χ1n) is 9.03. The molecule has 1 aliphatic rings. The molecule has 4 nitrogen and oxygen atoms in total. The summed E-state index contributed by atoms with van der Waals surface area (Å²) in [6.45, 7) is 3.05. The third-order valence-electron chi connectivity index (χ3n) is 4.65. The zero-order chi connectivity index (χ0) is 20.1. The summed E-state index contributed by atoms with van der Waals surface area (Å²) in [5, 5.41) is 10.7. The van der Waals surface area contributed by atoms with Crippen LogP contribution in [-0.2, 0) is 6.18 Å². The lowest BCUT2D eigenvalue weighted by Gasteiger charge is -2.37. The number of ether oxygens (including phenoxy) is 1. The van der Waals surface area contributed by atoms with Gasteiger partial charge in [0, 0.05) is 38.4 Å². The number of piperazine rings is 1. The van der Waals surface area contributed by atoms with Crippen molar-refractivity contribution in [3.8, 4) is 5.75 Å². The molecule has 1 N–H and O–H groups in total. The standard InChI is InChI=1S/C20H22ClF3N2O2/c21-18-6-1-2-7-19(18)28-14-17(27)13-25-8-10-26(11-9-25)16-5-3-4-15(12-16)20(22,23)24/h1-7,12,17,27H,8-11,13-14H2. The first-order valence-corrected chi connectivity index (χ1v) is 9.40. The van der Waals surface area contributed by atoms with E-state index in [4.69, 9.17) is 16.3 Å². The van der Waals surface area contributed by atoms with Crippen molar-refractivity contribution >= 4 is 17.3 Å². The zero-order valence-corrected chi connectivity index (χ0v) is 16.0. The van der Waals surface area contributed by atoms with Crippen LogP contribution in [0.25, 0.3) is 0 Å². The number of aliphatic hydroxyl groups is 1. The lowest BCUT2D eigenvalue weighted by molar-refractivity contribution is -0.137. The summed E-state index contributed by atoms with van der Waals surface area (Å²) in [6.07, 6.45) is -5.03. The Bertz CT molecular complexity index is 780. The van der Waals surface area contributed by atoms with Crippen molar-refractivity contribution < 1.29 is 23.0 Å². The van der Waals surface area contributed by atoms with Crippen molar-refractivity contribution in [3.05, 3.63) is 59.1 Å². The second kappa shape index (κ2) is 9.03. The van der Waals surface area contributed by atoms with Crippen LogP contribution in [0.15, 0.2) is 48.5 Å². The largest absolute Gasteiger partial charge is 0.489 e. The van der Waals surface area contributed by atoms with Gasteiger partial charge in [-0.2, -0.15) is 13.2 Å². The van der Waals surface area contributed by atoms with Gasteiger partial charge in [-0.3, -0.25) is 4.90 Å². The summed E-state index contributed by atoms with van der Waals surface area (Å²) in [6, 6.07) is 12.4. The number of rotatable bonds is 6. The predicted octanol–water partition coefficient (Wildman–Crippen LogP) is 3.92. The van der Waals surface area contributed by atoms with Gasteiger partial charge in [0.05, 0.1) is 10.6 Å². The quantitative estimate of drug-likeness (QED) is 0.777. The average Bonchev–Trinajstić information content (AvgIpc) is 2.67. The van der Waals surface area contributed by atoms with Crippen molar-refractivity contribution in [2.45, 2.75) is 12.3 Å². The van der Waals surface area contributed by atoms with E-state index in [1.807, 2.05) is 4.90 Å². The molecule has 2 aromatic rings. The maximum absolute atomic E-state index is 12.9. The molecule has 1 fully saturated rings. The summed E-state index contributed by atoms with van der Waals surface area (Å²) in [5.41, 5.74) is -0.0725. The molecule has 3 rings (SSSR count). The molecule has 1 unspecified atom stereocenters. The van der Waals surface area contributed by atoms with Crippen molar-refractivity contribution in [3.63, 3.8) is 0 Å². The smallest absolute Gasteiger partial charge is 0.416 e. The maximum Gasteiger partial charge on any atom is 0.416 e. The van der Waals surface area contributed by atoms with Crippen LogP contribution in [-0.4, -0.2) is 55.4 Å². The first kappa shape index (κ1) is 20.8. The van der Waals surface area contributed by atoms with E-state index < -0.39 is 17.8 Å². The summed E-state index contributed by atoms with van der Waals surface area (Å²) in [7, 11) is 0. The van der Waals surface area contributed by atoms with Gasteiger partial charge in [-0.05, 0) is 30.3 Å². The molecule has 0 spiro atoms. The fourth-order valence-electron chi connectivity index (χ4n) is 3.17. The minimum atomic E-state index is -4.34. The molecule has 152 valence electrons. The Morgan fingerprint density at radius 2 is 1.75 bits per heavy atom. The second-order valence-corrected chi connectivity index (χ2v) is 7.14. The van der Waals surface area contributed by atoms with E-state index in [0.29, 0.717) is 49.2 Å². The molecule has 0 aliphatic carbocycles.